The molecule has 3 rings (SSSR count). The molecule has 0 saturated carbocycles. The van der Waals surface area contributed by atoms with Crippen molar-refractivity contribution in [3.63, 3.8) is 0 Å². The molecule has 0 fully saturated rings. The van der Waals surface area contributed by atoms with Gasteiger partial charge in [0.1, 0.15) is 5.75 Å². The normalized spacial score (nSPS) is 10.4. The molecule has 30 heavy (non-hydrogen) atoms. The Morgan fingerprint density at radius 2 is 1.40 bits per heavy atom. The summed E-state index contributed by atoms with van der Waals surface area (Å²) in [7, 11) is 1.47. The van der Waals surface area contributed by atoms with E-state index in [4.69, 9.17) is 4.74 Å². The number of nitrogens with zero attached hydrogens (tertiary/aromatic N) is 4. The Bertz CT molecular complexity index is 1040. The molecule has 1 aromatic carbocycles. The third-order valence-corrected chi connectivity index (χ3v) is 4.24. The topological polar surface area (TPSA) is 119 Å². The van der Waals surface area contributed by atoms with Gasteiger partial charge in [0.05, 0.1) is 60.9 Å². The van der Waals surface area contributed by atoms with Crippen LogP contribution in [0.15, 0.2) is 43.0 Å². The van der Waals surface area contributed by atoms with E-state index in [9.17, 15) is 9.59 Å². The number of aryl methyl sites for hydroxylation is 2. The summed E-state index contributed by atoms with van der Waals surface area (Å²) < 4.78 is 5.27. The molecule has 2 aromatic heterocycles. The molecule has 154 valence electrons. The Morgan fingerprint density at radius 3 is 1.90 bits per heavy atom. The Hall–Kier alpha value is -3.88. The summed E-state index contributed by atoms with van der Waals surface area (Å²) in [4.78, 5) is 41.9. The average Bonchev–Trinajstić information content (AvgIpc) is 2.77. The standard InChI is InChI=1S/C21H22N6O3/c1-13-7-24-16(9-22-13)11-26-20(28)15-4-5-19(30-3)18(6-15)21(29)27-12-17-10-23-14(2)8-25-17/h4-10H,11-12H2,1-3H3,(H,26,28)(H,27,29). The second-order valence-corrected chi connectivity index (χ2v) is 6.58. The molecule has 0 radical (unpaired) electrons. The molecule has 3 aromatic rings. The average molecular weight is 406 g/mol. The molecule has 0 aliphatic carbocycles. The lowest BCUT2D eigenvalue weighted by Crippen LogP contribution is -2.26. The van der Waals surface area contributed by atoms with E-state index in [1.807, 2.05) is 13.8 Å². The number of hydrogen-bond acceptors (Lipinski definition) is 7. The van der Waals surface area contributed by atoms with Gasteiger partial charge in [-0.2, -0.15) is 0 Å². The van der Waals surface area contributed by atoms with Crippen LogP contribution in [-0.2, 0) is 13.1 Å². The lowest BCUT2D eigenvalue weighted by Gasteiger charge is -2.11. The highest BCUT2D eigenvalue weighted by molar-refractivity contribution is 6.01. The van der Waals surface area contributed by atoms with E-state index in [2.05, 4.69) is 30.6 Å². The third kappa shape index (κ3) is 5.34. The van der Waals surface area contributed by atoms with E-state index in [-0.39, 0.29) is 30.5 Å². The van der Waals surface area contributed by atoms with Crippen molar-refractivity contribution in [2.24, 2.45) is 0 Å². The minimum atomic E-state index is -0.381. The molecule has 0 unspecified atom stereocenters. The first-order valence-electron chi connectivity index (χ1n) is 9.25. The van der Waals surface area contributed by atoms with Crippen LogP contribution in [0, 0.1) is 13.8 Å². The van der Waals surface area contributed by atoms with Crippen LogP contribution in [0.5, 0.6) is 5.75 Å². The zero-order chi connectivity index (χ0) is 21.5. The summed E-state index contributed by atoms with van der Waals surface area (Å²) >= 11 is 0. The molecule has 2 N–H and O–H groups in total. The molecular weight excluding hydrogens is 384 g/mol. The fourth-order valence-electron chi connectivity index (χ4n) is 2.59. The zero-order valence-electron chi connectivity index (χ0n) is 17.0. The smallest absolute Gasteiger partial charge is 0.255 e. The maximum absolute atomic E-state index is 12.7. The van der Waals surface area contributed by atoms with E-state index < -0.39 is 0 Å². The second-order valence-electron chi connectivity index (χ2n) is 6.58. The van der Waals surface area contributed by atoms with Crippen molar-refractivity contribution in [1.82, 2.24) is 30.6 Å². The molecule has 2 amide bonds. The van der Waals surface area contributed by atoms with Gasteiger partial charge in [-0.3, -0.25) is 29.5 Å². The molecule has 0 aliphatic heterocycles. The summed E-state index contributed by atoms with van der Waals surface area (Å²) in [5, 5.41) is 5.54. The van der Waals surface area contributed by atoms with Gasteiger partial charge in [-0.15, -0.1) is 0 Å². The van der Waals surface area contributed by atoms with Crippen molar-refractivity contribution < 1.29 is 14.3 Å². The van der Waals surface area contributed by atoms with Gasteiger partial charge in [0.15, 0.2) is 0 Å². The predicted molar refractivity (Wildman–Crippen MR) is 109 cm³/mol. The number of aromatic nitrogens is 4. The molecular formula is C21H22N6O3. The number of carbonyl (C=O) groups is 2. The second kappa shape index (κ2) is 9.55. The minimum Gasteiger partial charge on any atom is -0.496 e. The number of carbonyl (C=O) groups excluding carboxylic acids is 2. The summed E-state index contributed by atoms with van der Waals surface area (Å²) in [6.07, 6.45) is 6.47. The lowest BCUT2D eigenvalue weighted by molar-refractivity contribution is 0.0947. The summed E-state index contributed by atoms with van der Waals surface area (Å²) in [5.41, 5.74) is 3.44. The van der Waals surface area contributed by atoms with Crippen LogP contribution in [0.1, 0.15) is 43.5 Å². The monoisotopic (exact) mass is 406 g/mol. The summed E-state index contributed by atoms with van der Waals surface area (Å²) in [6.45, 7) is 4.11. The van der Waals surface area contributed by atoms with Crippen LogP contribution >= 0.6 is 0 Å². The number of ether oxygens (including phenoxy) is 1. The highest BCUT2D eigenvalue weighted by Crippen LogP contribution is 2.20. The van der Waals surface area contributed by atoms with Crippen LogP contribution in [-0.4, -0.2) is 38.9 Å². The number of rotatable bonds is 7. The number of methoxy groups -OCH3 is 1. The van der Waals surface area contributed by atoms with Gasteiger partial charge in [-0.1, -0.05) is 0 Å². The van der Waals surface area contributed by atoms with Gasteiger partial charge in [0, 0.05) is 18.0 Å². The van der Waals surface area contributed by atoms with Gasteiger partial charge in [0.25, 0.3) is 11.8 Å². The first-order chi connectivity index (χ1) is 14.5. The van der Waals surface area contributed by atoms with E-state index >= 15 is 0 Å². The van der Waals surface area contributed by atoms with Gasteiger partial charge in [-0.25, -0.2) is 0 Å². The Kier molecular flexibility index (Phi) is 6.63. The first-order valence-corrected chi connectivity index (χ1v) is 9.25. The van der Waals surface area contributed by atoms with Gasteiger partial charge >= 0.3 is 0 Å². The Morgan fingerprint density at radius 1 is 0.833 bits per heavy atom. The number of hydrogen-bond donors (Lipinski definition) is 2. The molecule has 0 saturated heterocycles. The molecule has 9 heteroatoms. The summed E-state index contributed by atoms with van der Waals surface area (Å²) in [5.74, 6) is -0.352. The first kappa shape index (κ1) is 20.8. The van der Waals surface area contributed by atoms with Crippen molar-refractivity contribution in [2.75, 3.05) is 7.11 Å². The summed E-state index contributed by atoms with van der Waals surface area (Å²) in [6, 6.07) is 4.67. The van der Waals surface area contributed by atoms with E-state index in [0.29, 0.717) is 22.7 Å². The van der Waals surface area contributed by atoms with Crippen LogP contribution in [0.2, 0.25) is 0 Å². The molecule has 0 atom stereocenters. The van der Waals surface area contributed by atoms with E-state index in [1.165, 1.54) is 13.2 Å². The Balaban J connectivity index is 1.68. The van der Waals surface area contributed by atoms with E-state index in [1.54, 1.807) is 36.9 Å². The van der Waals surface area contributed by atoms with E-state index in [0.717, 1.165) is 11.4 Å². The van der Waals surface area contributed by atoms with Gasteiger partial charge in [0.2, 0.25) is 0 Å². The Labute approximate surface area is 174 Å². The fourth-order valence-corrected chi connectivity index (χ4v) is 2.59. The quantitative estimate of drug-likeness (QED) is 0.613. The predicted octanol–water partition coefficient (Wildman–Crippen LogP) is 1.75. The molecule has 0 aliphatic rings. The SMILES string of the molecule is COc1ccc(C(=O)NCc2cnc(C)cn2)cc1C(=O)NCc1cnc(C)cn1. The van der Waals surface area contributed by atoms with Crippen LogP contribution in [0.4, 0.5) is 0 Å². The molecule has 0 spiro atoms. The lowest BCUT2D eigenvalue weighted by atomic mass is 10.1. The van der Waals surface area contributed by atoms with Crippen LogP contribution in [0.25, 0.3) is 0 Å². The largest absolute Gasteiger partial charge is 0.496 e. The number of amides is 2. The minimum absolute atomic E-state index is 0.206. The van der Waals surface area contributed by atoms with Crippen molar-refractivity contribution in [3.05, 3.63) is 76.9 Å². The van der Waals surface area contributed by atoms with Crippen LogP contribution in [0.3, 0.4) is 0 Å². The molecule has 0 bridgehead atoms. The zero-order valence-corrected chi connectivity index (χ0v) is 17.0. The van der Waals surface area contributed by atoms with Crippen molar-refractivity contribution in [2.45, 2.75) is 26.9 Å². The van der Waals surface area contributed by atoms with Gasteiger partial charge in [-0.05, 0) is 32.0 Å². The number of nitrogens with one attached hydrogen (secondary N) is 2. The maximum atomic E-state index is 12.7. The maximum Gasteiger partial charge on any atom is 0.255 e. The van der Waals surface area contributed by atoms with Crippen LogP contribution < -0.4 is 15.4 Å². The third-order valence-electron chi connectivity index (χ3n) is 4.24. The highest BCUT2D eigenvalue weighted by Gasteiger charge is 2.16. The number of benzene rings is 1. The van der Waals surface area contributed by atoms with Crippen molar-refractivity contribution in [3.8, 4) is 5.75 Å². The molecule has 9 nitrogen and oxygen atoms in total. The van der Waals surface area contributed by atoms with Crippen molar-refractivity contribution in [1.29, 1.82) is 0 Å². The van der Waals surface area contributed by atoms with Crippen molar-refractivity contribution >= 4 is 11.8 Å². The highest BCUT2D eigenvalue weighted by atomic mass is 16.5. The molecule has 2 heterocycles. The fraction of sp³-hybridized carbons (Fsp3) is 0.238. The van der Waals surface area contributed by atoms with Gasteiger partial charge < -0.3 is 15.4 Å².